The average Bonchev–Trinajstić information content (AvgIpc) is 2.94. The molecule has 1 saturated heterocycles. The van der Waals surface area contributed by atoms with E-state index in [0.717, 1.165) is 19.6 Å². The summed E-state index contributed by atoms with van der Waals surface area (Å²) in [6.45, 7) is 14.5. The number of hydrogen-bond acceptors (Lipinski definition) is 3. The molecule has 1 fully saturated rings. The molecule has 0 saturated carbocycles. The van der Waals surface area contributed by atoms with Crippen molar-refractivity contribution in [1.29, 1.82) is 0 Å². The lowest BCUT2D eigenvalue weighted by Gasteiger charge is -2.44. The van der Waals surface area contributed by atoms with E-state index < -0.39 is 0 Å². The highest BCUT2D eigenvalue weighted by Gasteiger charge is 2.32. The molecular formula is C16H30N4. The summed E-state index contributed by atoms with van der Waals surface area (Å²) < 4.78 is 2.02. The summed E-state index contributed by atoms with van der Waals surface area (Å²) in [6, 6.07) is 1.14. The van der Waals surface area contributed by atoms with Crippen LogP contribution in [-0.4, -0.2) is 35.0 Å². The quantitative estimate of drug-likeness (QED) is 0.899. The Morgan fingerprint density at radius 2 is 2.10 bits per heavy atom. The minimum atomic E-state index is 0.560. The van der Waals surface area contributed by atoms with Crippen molar-refractivity contribution < 1.29 is 0 Å². The van der Waals surface area contributed by atoms with Gasteiger partial charge in [0.05, 0.1) is 11.9 Å². The molecule has 0 bridgehead atoms. The molecule has 2 rings (SSSR count). The van der Waals surface area contributed by atoms with Crippen LogP contribution < -0.4 is 10.2 Å². The first-order chi connectivity index (χ1) is 9.56. The van der Waals surface area contributed by atoms with Crippen molar-refractivity contribution in [2.24, 2.45) is 11.8 Å². The fourth-order valence-electron chi connectivity index (χ4n) is 3.03. The van der Waals surface area contributed by atoms with Gasteiger partial charge in [0.1, 0.15) is 0 Å². The molecule has 114 valence electrons. The van der Waals surface area contributed by atoms with E-state index in [1.165, 1.54) is 12.1 Å². The van der Waals surface area contributed by atoms with Crippen molar-refractivity contribution in [3.63, 3.8) is 0 Å². The summed E-state index contributed by atoms with van der Waals surface area (Å²) in [7, 11) is 0. The number of aromatic nitrogens is 2. The third-order valence-electron chi connectivity index (χ3n) is 4.76. The molecule has 0 amide bonds. The maximum atomic E-state index is 4.45. The van der Waals surface area contributed by atoms with Gasteiger partial charge in [-0.05, 0) is 18.8 Å². The lowest BCUT2D eigenvalue weighted by Crippen LogP contribution is -2.60. The van der Waals surface area contributed by atoms with Crippen LogP contribution in [0.3, 0.4) is 0 Å². The van der Waals surface area contributed by atoms with Gasteiger partial charge in [0, 0.05) is 37.9 Å². The van der Waals surface area contributed by atoms with Crippen LogP contribution in [0.1, 0.15) is 41.0 Å². The second kappa shape index (κ2) is 6.61. The highest BCUT2D eigenvalue weighted by Crippen LogP contribution is 2.25. The van der Waals surface area contributed by atoms with E-state index in [1.807, 2.05) is 10.9 Å². The maximum absolute atomic E-state index is 4.45. The van der Waals surface area contributed by atoms with Gasteiger partial charge in [-0.25, -0.2) is 0 Å². The van der Waals surface area contributed by atoms with Gasteiger partial charge in [0.25, 0.3) is 0 Å². The Morgan fingerprint density at radius 1 is 1.35 bits per heavy atom. The third kappa shape index (κ3) is 3.17. The van der Waals surface area contributed by atoms with Crippen molar-refractivity contribution in [3.05, 3.63) is 12.4 Å². The molecule has 2 heterocycles. The fraction of sp³-hybridized carbons (Fsp3) is 0.812. The predicted octanol–water partition coefficient (Wildman–Crippen LogP) is 2.75. The summed E-state index contributed by atoms with van der Waals surface area (Å²) in [5.74, 6) is 1.36. The van der Waals surface area contributed by atoms with Crippen LogP contribution in [0.25, 0.3) is 0 Å². The van der Waals surface area contributed by atoms with Gasteiger partial charge in [-0.15, -0.1) is 0 Å². The van der Waals surface area contributed by atoms with Crippen molar-refractivity contribution in [3.8, 4) is 0 Å². The SMILES string of the molecule is CCC(C)C1CN(c2cnn(CC)c2)C(C(C)C)CN1. The smallest absolute Gasteiger partial charge is 0.0756 e. The first kappa shape index (κ1) is 15.4. The lowest BCUT2D eigenvalue weighted by molar-refractivity contribution is 0.281. The van der Waals surface area contributed by atoms with Crippen LogP contribution in [-0.2, 0) is 6.54 Å². The molecule has 3 unspecified atom stereocenters. The van der Waals surface area contributed by atoms with E-state index in [2.05, 4.69) is 56.1 Å². The molecule has 1 aromatic heterocycles. The molecule has 0 aliphatic carbocycles. The second-order valence-corrected chi connectivity index (χ2v) is 6.42. The normalized spacial score (nSPS) is 25.2. The Morgan fingerprint density at radius 3 is 2.65 bits per heavy atom. The van der Waals surface area contributed by atoms with Gasteiger partial charge < -0.3 is 10.2 Å². The monoisotopic (exact) mass is 278 g/mol. The molecule has 0 aromatic carbocycles. The second-order valence-electron chi connectivity index (χ2n) is 6.42. The Balaban J connectivity index is 2.18. The highest BCUT2D eigenvalue weighted by atomic mass is 15.3. The Labute approximate surface area is 123 Å². The Hall–Kier alpha value is -1.03. The summed E-state index contributed by atoms with van der Waals surface area (Å²) in [5.41, 5.74) is 1.28. The third-order valence-corrected chi connectivity index (χ3v) is 4.76. The molecule has 0 radical (unpaired) electrons. The van der Waals surface area contributed by atoms with Gasteiger partial charge in [0.15, 0.2) is 0 Å². The molecule has 4 nitrogen and oxygen atoms in total. The molecule has 20 heavy (non-hydrogen) atoms. The maximum Gasteiger partial charge on any atom is 0.0756 e. The zero-order chi connectivity index (χ0) is 14.7. The zero-order valence-corrected chi connectivity index (χ0v) is 13.6. The standard InChI is InChI=1S/C16H30N4/c1-6-13(5)15-11-20(16(9-17-15)12(3)4)14-8-18-19(7-2)10-14/h8,10,12-13,15-17H,6-7,9,11H2,1-5H3. The van der Waals surface area contributed by atoms with Crippen LogP contribution in [0.5, 0.6) is 0 Å². The van der Waals surface area contributed by atoms with Crippen molar-refractivity contribution in [2.75, 3.05) is 18.0 Å². The molecule has 1 N–H and O–H groups in total. The summed E-state index contributed by atoms with van der Waals surface area (Å²) in [6.07, 6.45) is 5.44. The first-order valence-corrected chi connectivity index (χ1v) is 8.09. The van der Waals surface area contributed by atoms with Crippen molar-refractivity contribution in [2.45, 2.75) is 59.7 Å². The molecule has 1 aromatic rings. The fourth-order valence-corrected chi connectivity index (χ4v) is 3.03. The Bertz CT molecular complexity index is 412. The summed E-state index contributed by atoms with van der Waals surface area (Å²) in [5, 5.41) is 8.20. The number of nitrogens with zero attached hydrogens (tertiary/aromatic N) is 3. The van der Waals surface area contributed by atoms with E-state index in [-0.39, 0.29) is 0 Å². The van der Waals surface area contributed by atoms with Gasteiger partial charge in [-0.2, -0.15) is 5.10 Å². The number of aryl methyl sites for hydroxylation is 1. The number of piperazine rings is 1. The molecule has 4 heteroatoms. The minimum absolute atomic E-state index is 0.560. The molecule has 3 atom stereocenters. The average molecular weight is 278 g/mol. The van der Waals surface area contributed by atoms with E-state index in [4.69, 9.17) is 0 Å². The van der Waals surface area contributed by atoms with Crippen LogP contribution in [0.4, 0.5) is 5.69 Å². The van der Waals surface area contributed by atoms with Gasteiger partial charge in [-0.1, -0.05) is 34.1 Å². The first-order valence-electron chi connectivity index (χ1n) is 8.09. The summed E-state index contributed by atoms with van der Waals surface area (Å²) in [4.78, 5) is 2.57. The van der Waals surface area contributed by atoms with Crippen LogP contribution in [0.2, 0.25) is 0 Å². The van der Waals surface area contributed by atoms with E-state index in [9.17, 15) is 0 Å². The van der Waals surface area contributed by atoms with Gasteiger partial charge in [0.2, 0.25) is 0 Å². The van der Waals surface area contributed by atoms with Gasteiger partial charge in [-0.3, -0.25) is 4.68 Å². The highest BCUT2D eigenvalue weighted by molar-refractivity contribution is 5.45. The van der Waals surface area contributed by atoms with Crippen LogP contribution in [0.15, 0.2) is 12.4 Å². The van der Waals surface area contributed by atoms with Gasteiger partial charge >= 0.3 is 0 Å². The zero-order valence-electron chi connectivity index (χ0n) is 13.6. The molecule has 1 aliphatic heterocycles. The molecule has 0 spiro atoms. The van der Waals surface area contributed by atoms with Crippen LogP contribution in [0, 0.1) is 11.8 Å². The number of nitrogens with one attached hydrogen (secondary N) is 1. The van der Waals surface area contributed by atoms with Crippen molar-refractivity contribution >= 4 is 5.69 Å². The Kier molecular flexibility index (Phi) is 5.08. The largest absolute Gasteiger partial charge is 0.363 e. The number of anilines is 1. The lowest BCUT2D eigenvalue weighted by atomic mass is 9.92. The number of rotatable bonds is 5. The van der Waals surface area contributed by atoms with E-state index >= 15 is 0 Å². The molecular weight excluding hydrogens is 248 g/mol. The minimum Gasteiger partial charge on any atom is -0.363 e. The predicted molar refractivity (Wildman–Crippen MR) is 85.1 cm³/mol. The van der Waals surface area contributed by atoms with Crippen molar-refractivity contribution in [1.82, 2.24) is 15.1 Å². The van der Waals surface area contributed by atoms with E-state index in [0.29, 0.717) is 23.9 Å². The van der Waals surface area contributed by atoms with E-state index in [1.54, 1.807) is 0 Å². The topological polar surface area (TPSA) is 33.1 Å². The molecule has 1 aliphatic rings. The van der Waals surface area contributed by atoms with Crippen LogP contribution >= 0.6 is 0 Å². The summed E-state index contributed by atoms with van der Waals surface area (Å²) >= 11 is 0. The number of hydrogen-bond donors (Lipinski definition) is 1.